The van der Waals surface area contributed by atoms with Gasteiger partial charge in [-0.2, -0.15) is 0 Å². The summed E-state index contributed by atoms with van der Waals surface area (Å²) in [5, 5.41) is 9.25. The van der Waals surface area contributed by atoms with Crippen LogP contribution in [0.4, 0.5) is 0 Å². The molecule has 0 atom stereocenters. The van der Waals surface area contributed by atoms with Crippen LogP contribution in [0.15, 0.2) is 97.1 Å². The Morgan fingerprint density at radius 2 is 0.418 bits per heavy atom. The number of fused-ring (bicyclic) bond motifs is 24. The van der Waals surface area contributed by atoms with Crippen LogP contribution < -0.4 is 47.9 Å². The molecule has 0 N–H and O–H groups in total. The van der Waals surface area contributed by atoms with Gasteiger partial charge in [0.15, 0.2) is 0 Å². The fraction of sp³-hybridized carbons (Fsp3) is 0.400. The third kappa shape index (κ3) is 13.4. The molecule has 13 rings (SSSR count). The molecule has 0 spiro atoms. The van der Waals surface area contributed by atoms with E-state index in [2.05, 4.69) is 104 Å². The molecule has 8 aromatic carbocycles. The van der Waals surface area contributed by atoms with E-state index in [9.17, 15) is 0 Å². The van der Waals surface area contributed by atoms with Gasteiger partial charge in [-0.1, -0.05) is 204 Å². The van der Waals surface area contributed by atoms with Gasteiger partial charge in [0.25, 0.3) is 0 Å². The van der Waals surface area contributed by atoms with Gasteiger partial charge in [-0.05, 0) is 51.4 Å². The Bertz CT molecular complexity index is 4270. The van der Waals surface area contributed by atoms with Gasteiger partial charge in [-0.25, -0.2) is 9.97 Å². The molecule has 0 fully saturated rings. The van der Waals surface area contributed by atoms with E-state index in [4.69, 9.17) is 81.4 Å². The molecule has 0 saturated heterocycles. The van der Waals surface area contributed by atoms with Gasteiger partial charge in [0, 0.05) is 87.2 Å². The molecule has 5 heterocycles. The standard InChI is InChI=1S/C80H88N8O8.O.V/c1-9-17-41-89-65-49-33-25-26-34-50(49)66(90-42-18-10-2)58-57(65)73-81-74(58)86-76-61-62(70(94-46-22-14-6)54-38-30-29-37-53(54)69(61)93-45-21-13-5)78(83-76)88-80-64-63(71(95-47-23-15-7)55-39-31-32-40-56(55)72(64)96-48-24-16-8)79(84-80)87-77-60-59(75(82-77)85-73)67(91-43-19-11-3)51-35-27-28-36-52(51)68(60)92-44-20-12-4;;/h25-40H,9-24,41-48H2,1-8H3;;/q-2;;+2. The maximum absolute atomic E-state index is 8.19. The predicted molar refractivity (Wildman–Crippen MR) is 388 cm³/mol. The van der Waals surface area contributed by atoms with E-state index >= 15 is 0 Å². The monoisotopic (exact) mass is 1360 g/mol. The molecule has 2 aliphatic rings. The Morgan fingerprint density at radius 1 is 0.255 bits per heavy atom. The van der Waals surface area contributed by atoms with E-state index in [1.807, 2.05) is 48.5 Å². The second-order valence-corrected chi connectivity index (χ2v) is 24.9. The fourth-order valence-corrected chi connectivity index (χ4v) is 12.9. The zero-order valence-electron chi connectivity index (χ0n) is 57.9. The van der Waals surface area contributed by atoms with Crippen molar-refractivity contribution in [2.45, 2.75) is 158 Å². The molecule has 0 aliphatic carbocycles. The quantitative estimate of drug-likeness (QED) is 0.0361. The third-order valence-corrected chi connectivity index (χ3v) is 17.9. The van der Waals surface area contributed by atoms with Crippen LogP contribution in [0.1, 0.15) is 158 Å². The summed E-state index contributed by atoms with van der Waals surface area (Å²) in [7, 11) is 0. The van der Waals surface area contributed by atoms with Gasteiger partial charge in [0.05, 0.1) is 98.4 Å². The molecule has 507 valence electrons. The second-order valence-electron chi connectivity index (χ2n) is 24.9. The number of ether oxygens (including phenoxy) is 8. The van der Waals surface area contributed by atoms with Gasteiger partial charge in [-0.3, -0.25) is 0 Å². The van der Waals surface area contributed by atoms with Gasteiger partial charge in [0.1, 0.15) is 46.0 Å². The second kappa shape index (κ2) is 32.5. The molecule has 18 heteroatoms. The molecular formula is C80H88N8O9V. The van der Waals surface area contributed by atoms with E-state index < -0.39 is 0 Å². The normalized spacial score (nSPS) is 11.7. The molecule has 17 nitrogen and oxygen atoms in total. The third-order valence-electron chi connectivity index (χ3n) is 17.9. The average molecular weight is 1360 g/mol. The van der Waals surface area contributed by atoms with Crippen LogP contribution in [-0.2, 0) is 21.0 Å². The predicted octanol–water partition coefficient (Wildman–Crippen LogP) is 20.1. The molecule has 3 aromatic heterocycles. The van der Waals surface area contributed by atoms with Gasteiger partial charge in [-0.15, -0.1) is 0 Å². The SMILES string of the molecule is CCCCOc1c2c(c(OCCCC)c3ccccc13)-c1nc-2nc2[n-]c(nc3nc(nc4[n-]c(n1)c1c(OCCCC)c5ccccc5c(OCCCC)c41)-c1c-3c(OCCCC)c3ccccc3c1OCCCC)c1c(OCCCC)c3ccccc3c(OCCCC)c21.[O]=[V+2]. The van der Waals surface area contributed by atoms with Crippen LogP contribution in [0, 0.1) is 0 Å². The van der Waals surface area contributed by atoms with Gasteiger partial charge in [0.2, 0.25) is 0 Å². The van der Waals surface area contributed by atoms with Crippen LogP contribution in [0.2, 0.25) is 0 Å². The molecule has 0 unspecified atom stereocenters. The number of unbranched alkanes of at least 4 members (excludes halogenated alkanes) is 8. The summed E-state index contributed by atoms with van der Waals surface area (Å²) in [5.41, 5.74) is 3.67. The number of rotatable bonds is 32. The first-order valence-corrected chi connectivity index (χ1v) is 36.2. The Labute approximate surface area is 582 Å². The first-order valence-electron chi connectivity index (χ1n) is 35.7. The van der Waals surface area contributed by atoms with E-state index in [1.165, 1.54) is 0 Å². The van der Waals surface area contributed by atoms with Crippen LogP contribution >= 0.6 is 0 Å². The summed E-state index contributed by atoms with van der Waals surface area (Å²) < 4.78 is 65.2. The van der Waals surface area contributed by atoms with Crippen molar-refractivity contribution in [1.82, 2.24) is 39.9 Å². The molecular weight excluding hydrogens is 1270 g/mol. The van der Waals surface area contributed by atoms with E-state index in [1.54, 1.807) is 0 Å². The summed E-state index contributed by atoms with van der Waals surface area (Å²) in [4.78, 5) is 45.8. The summed E-state index contributed by atoms with van der Waals surface area (Å²) in [6.07, 6.45) is 13.8. The summed E-state index contributed by atoms with van der Waals surface area (Å²) in [6.45, 7) is 20.8. The van der Waals surface area contributed by atoms with Crippen LogP contribution in [-0.4, -0.2) is 82.8 Å². The number of nitrogens with zero attached hydrogens (tertiary/aromatic N) is 8. The molecule has 11 aromatic rings. The zero-order chi connectivity index (χ0) is 68.1. The minimum atomic E-state index is 0.306. The summed E-state index contributed by atoms with van der Waals surface area (Å²) in [6, 6.07) is 33.0. The summed E-state index contributed by atoms with van der Waals surface area (Å²) >= 11 is 1.06. The molecule has 0 amide bonds. The summed E-state index contributed by atoms with van der Waals surface area (Å²) in [5.74, 6) is 6.07. The van der Waals surface area contributed by atoms with Crippen molar-refractivity contribution in [1.29, 1.82) is 0 Å². The van der Waals surface area contributed by atoms with Gasteiger partial charge < -0.3 is 67.8 Å². The van der Waals surface area contributed by atoms with Crippen molar-refractivity contribution >= 4 is 87.2 Å². The molecule has 2 aliphatic heterocycles. The first-order chi connectivity index (χ1) is 48.4. The van der Waals surface area contributed by atoms with Gasteiger partial charge >= 0.3 is 21.0 Å². The molecule has 8 bridgehead atoms. The van der Waals surface area contributed by atoms with E-state index in [-0.39, 0.29) is 0 Å². The Hall–Kier alpha value is -9.06. The number of benzene rings is 8. The number of aromatic nitrogens is 8. The van der Waals surface area contributed by atoms with Crippen molar-refractivity contribution in [3.05, 3.63) is 97.1 Å². The van der Waals surface area contributed by atoms with Crippen LogP contribution in [0.3, 0.4) is 0 Å². The Balaban J connectivity index is 0.00000453. The molecule has 98 heavy (non-hydrogen) atoms. The first kappa shape index (κ1) is 68.9. The van der Waals surface area contributed by atoms with E-state index in [0.717, 1.165) is 163 Å². The van der Waals surface area contributed by atoms with Crippen molar-refractivity contribution in [3.63, 3.8) is 0 Å². The van der Waals surface area contributed by atoms with Crippen LogP contribution in [0.25, 0.3) is 133 Å². The maximum atomic E-state index is 8.19. The number of hydrogen-bond donors (Lipinski definition) is 0. The number of hydrogen-bond acceptors (Lipinski definition) is 15. The van der Waals surface area contributed by atoms with Crippen molar-refractivity contribution in [2.75, 3.05) is 52.9 Å². The van der Waals surface area contributed by atoms with Crippen molar-refractivity contribution in [2.24, 2.45) is 0 Å². The minimum absolute atomic E-state index is 0.306. The average Bonchev–Trinajstić information content (AvgIpc) is 1.53. The van der Waals surface area contributed by atoms with E-state index in [0.29, 0.717) is 189 Å². The fourth-order valence-electron chi connectivity index (χ4n) is 12.9. The topological polar surface area (TPSA) is 196 Å². The Kier molecular flexibility index (Phi) is 22.9. The Morgan fingerprint density at radius 3 is 0.592 bits per heavy atom. The van der Waals surface area contributed by atoms with Crippen molar-refractivity contribution < 1.29 is 58.9 Å². The van der Waals surface area contributed by atoms with Crippen LogP contribution in [0.5, 0.6) is 46.0 Å². The van der Waals surface area contributed by atoms with Crippen molar-refractivity contribution in [3.8, 4) is 91.5 Å². The molecule has 0 saturated carbocycles. The molecule has 0 radical (unpaired) electrons. The zero-order valence-corrected chi connectivity index (χ0v) is 59.3.